The molecule has 2 aromatic heterocycles. The number of aromatic nitrogens is 3. The van der Waals surface area contributed by atoms with Crippen molar-refractivity contribution in [1.82, 2.24) is 15.1 Å². The first-order chi connectivity index (χ1) is 11.3. The molecule has 0 saturated carbocycles. The molecule has 0 aliphatic rings. The fourth-order valence-electron chi connectivity index (χ4n) is 2.10. The normalized spacial score (nSPS) is 10.4. The van der Waals surface area contributed by atoms with Crippen LogP contribution in [-0.4, -0.2) is 21.0 Å². The summed E-state index contributed by atoms with van der Waals surface area (Å²) in [5.41, 5.74) is 1.12. The molecule has 0 saturated heterocycles. The Morgan fingerprint density at radius 3 is 2.70 bits per heavy atom. The molecule has 3 rings (SSSR count). The molecule has 3 aromatic rings. The van der Waals surface area contributed by atoms with E-state index in [1.54, 1.807) is 18.3 Å². The van der Waals surface area contributed by atoms with Gasteiger partial charge in [0.05, 0.1) is 0 Å². The maximum Gasteiger partial charge on any atom is 0.227 e. The van der Waals surface area contributed by atoms with Crippen LogP contribution < -0.4 is 5.32 Å². The van der Waals surface area contributed by atoms with Crippen LogP contribution in [0.3, 0.4) is 0 Å². The van der Waals surface area contributed by atoms with Crippen molar-refractivity contribution in [2.45, 2.75) is 19.3 Å². The lowest BCUT2D eigenvalue weighted by Crippen LogP contribution is -2.13. The maximum atomic E-state index is 11.8. The van der Waals surface area contributed by atoms with Gasteiger partial charge in [0.2, 0.25) is 11.8 Å². The molecule has 1 N–H and O–H groups in total. The minimum absolute atomic E-state index is 0.133. The van der Waals surface area contributed by atoms with E-state index in [2.05, 4.69) is 20.4 Å². The highest BCUT2D eigenvalue weighted by Gasteiger charge is 2.10. The molecule has 0 spiro atoms. The number of pyridine rings is 1. The Bertz CT molecular complexity index is 757. The van der Waals surface area contributed by atoms with Crippen LogP contribution in [-0.2, 0) is 17.6 Å². The summed E-state index contributed by atoms with van der Waals surface area (Å²) in [5.74, 6) is 1.49. The van der Waals surface area contributed by atoms with Crippen molar-refractivity contribution in [2.75, 3.05) is 5.32 Å². The molecular weight excluding hydrogens is 292 g/mol. The summed E-state index contributed by atoms with van der Waals surface area (Å²) in [6, 6.07) is 15.3. The second kappa shape index (κ2) is 7.31. The van der Waals surface area contributed by atoms with Gasteiger partial charge in [-0.05, 0) is 17.7 Å². The molecule has 116 valence electrons. The van der Waals surface area contributed by atoms with E-state index in [1.807, 2.05) is 36.4 Å². The quantitative estimate of drug-likeness (QED) is 0.757. The third-order valence-corrected chi connectivity index (χ3v) is 3.21. The van der Waals surface area contributed by atoms with Crippen molar-refractivity contribution in [2.24, 2.45) is 0 Å². The number of aryl methyl sites for hydroxylation is 1. The molecule has 23 heavy (non-hydrogen) atoms. The van der Waals surface area contributed by atoms with Crippen molar-refractivity contribution in [3.63, 3.8) is 0 Å². The number of hydrogen-bond acceptors (Lipinski definition) is 5. The van der Waals surface area contributed by atoms with Crippen LogP contribution in [0.25, 0.3) is 0 Å². The van der Waals surface area contributed by atoms with Crippen molar-refractivity contribution < 1.29 is 9.32 Å². The first-order valence-corrected chi connectivity index (χ1v) is 7.36. The number of rotatable bonds is 6. The first-order valence-electron chi connectivity index (χ1n) is 7.36. The van der Waals surface area contributed by atoms with Gasteiger partial charge in [-0.15, -0.1) is 0 Å². The van der Waals surface area contributed by atoms with E-state index < -0.39 is 0 Å². The number of nitrogens with zero attached hydrogens (tertiary/aromatic N) is 3. The topological polar surface area (TPSA) is 80.9 Å². The zero-order valence-electron chi connectivity index (χ0n) is 12.5. The maximum absolute atomic E-state index is 11.8. The second-order valence-corrected chi connectivity index (χ2v) is 5.03. The summed E-state index contributed by atoms with van der Waals surface area (Å²) in [6.45, 7) is 0. The Kier molecular flexibility index (Phi) is 4.73. The smallest absolute Gasteiger partial charge is 0.227 e. The van der Waals surface area contributed by atoms with Crippen LogP contribution in [0.4, 0.5) is 5.82 Å². The summed E-state index contributed by atoms with van der Waals surface area (Å²) in [6.07, 6.45) is 2.91. The molecule has 0 unspecified atom stereocenters. The van der Waals surface area contributed by atoms with Crippen LogP contribution in [0.2, 0.25) is 0 Å². The van der Waals surface area contributed by atoms with E-state index in [9.17, 15) is 4.79 Å². The van der Waals surface area contributed by atoms with Gasteiger partial charge < -0.3 is 9.84 Å². The molecule has 2 heterocycles. The summed E-state index contributed by atoms with van der Waals surface area (Å²) in [5, 5.41) is 6.66. The molecule has 0 aliphatic carbocycles. The largest absolute Gasteiger partial charge is 0.339 e. The molecule has 6 nitrogen and oxygen atoms in total. The van der Waals surface area contributed by atoms with E-state index in [-0.39, 0.29) is 12.3 Å². The number of benzene rings is 1. The summed E-state index contributed by atoms with van der Waals surface area (Å²) in [4.78, 5) is 20.2. The van der Waals surface area contributed by atoms with Crippen LogP contribution in [0.5, 0.6) is 0 Å². The Labute approximate surface area is 133 Å². The van der Waals surface area contributed by atoms with Crippen molar-refractivity contribution in [3.8, 4) is 0 Å². The molecule has 1 aromatic carbocycles. The molecule has 1 amide bonds. The van der Waals surface area contributed by atoms with Gasteiger partial charge in [0.1, 0.15) is 5.82 Å². The van der Waals surface area contributed by atoms with Gasteiger partial charge in [0.15, 0.2) is 5.82 Å². The first kappa shape index (κ1) is 14.9. The highest BCUT2D eigenvalue weighted by Crippen LogP contribution is 2.08. The zero-order chi connectivity index (χ0) is 15.9. The Hall–Kier alpha value is -3.02. The van der Waals surface area contributed by atoms with Crippen molar-refractivity contribution >= 4 is 11.7 Å². The fraction of sp³-hybridized carbons (Fsp3) is 0.176. The highest BCUT2D eigenvalue weighted by atomic mass is 16.5. The Morgan fingerprint density at radius 1 is 1.09 bits per heavy atom. The minimum atomic E-state index is -0.133. The average Bonchev–Trinajstić information content (AvgIpc) is 3.02. The zero-order valence-corrected chi connectivity index (χ0v) is 12.5. The van der Waals surface area contributed by atoms with Gasteiger partial charge in [-0.3, -0.25) is 4.79 Å². The van der Waals surface area contributed by atoms with E-state index >= 15 is 0 Å². The lowest BCUT2D eigenvalue weighted by molar-refractivity contribution is -0.116. The van der Waals surface area contributed by atoms with Crippen LogP contribution in [0.15, 0.2) is 59.3 Å². The van der Waals surface area contributed by atoms with Crippen molar-refractivity contribution in [1.29, 1.82) is 0 Å². The number of anilines is 1. The van der Waals surface area contributed by atoms with Gasteiger partial charge in [0, 0.05) is 25.5 Å². The summed E-state index contributed by atoms with van der Waals surface area (Å²) < 4.78 is 5.18. The predicted molar refractivity (Wildman–Crippen MR) is 84.7 cm³/mol. The lowest BCUT2D eigenvalue weighted by Gasteiger charge is -2.01. The second-order valence-electron chi connectivity index (χ2n) is 5.03. The van der Waals surface area contributed by atoms with Crippen LogP contribution in [0.1, 0.15) is 23.7 Å². The average molecular weight is 308 g/mol. The number of carbonyl (C=O) groups excluding carboxylic acids is 1. The lowest BCUT2D eigenvalue weighted by atomic mass is 10.1. The number of carbonyl (C=O) groups is 1. The third-order valence-electron chi connectivity index (χ3n) is 3.21. The van der Waals surface area contributed by atoms with Gasteiger partial charge in [-0.1, -0.05) is 41.6 Å². The van der Waals surface area contributed by atoms with E-state index in [0.29, 0.717) is 30.4 Å². The van der Waals surface area contributed by atoms with Crippen LogP contribution in [0, 0.1) is 0 Å². The number of nitrogens with one attached hydrogen (secondary N) is 1. The molecule has 0 radical (unpaired) electrons. The molecule has 0 fully saturated rings. The number of hydrogen-bond donors (Lipinski definition) is 1. The van der Waals surface area contributed by atoms with Gasteiger partial charge >= 0.3 is 0 Å². The summed E-state index contributed by atoms with van der Waals surface area (Å²) >= 11 is 0. The van der Waals surface area contributed by atoms with E-state index in [4.69, 9.17) is 4.52 Å². The molecule has 0 aliphatic heterocycles. The van der Waals surface area contributed by atoms with Gasteiger partial charge in [0.25, 0.3) is 0 Å². The highest BCUT2D eigenvalue weighted by molar-refractivity contribution is 5.89. The van der Waals surface area contributed by atoms with Gasteiger partial charge in [-0.25, -0.2) is 4.98 Å². The number of amides is 1. The fourth-order valence-corrected chi connectivity index (χ4v) is 2.10. The minimum Gasteiger partial charge on any atom is -0.339 e. The summed E-state index contributed by atoms with van der Waals surface area (Å²) in [7, 11) is 0. The standard InChI is InChI=1S/C17H16N4O2/c22-16(19-14-8-4-5-11-18-14)9-10-17-20-15(21-23-17)12-13-6-2-1-3-7-13/h1-8,11H,9-10,12H2,(H,18,19,22). The molecule has 0 atom stereocenters. The molecular formula is C17H16N4O2. The third kappa shape index (κ3) is 4.47. The molecule has 6 heteroatoms. The molecule has 0 bridgehead atoms. The van der Waals surface area contributed by atoms with Gasteiger partial charge in [-0.2, -0.15) is 4.98 Å². The monoisotopic (exact) mass is 308 g/mol. The Balaban J connectivity index is 1.50. The van der Waals surface area contributed by atoms with Crippen molar-refractivity contribution in [3.05, 3.63) is 72.0 Å². The predicted octanol–water partition coefficient (Wildman–Crippen LogP) is 2.63. The van der Waals surface area contributed by atoms with E-state index in [0.717, 1.165) is 5.56 Å². The Morgan fingerprint density at radius 2 is 1.91 bits per heavy atom. The van der Waals surface area contributed by atoms with Crippen LogP contribution >= 0.6 is 0 Å². The SMILES string of the molecule is O=C(CCc1nc(Cc2ccccc2)no1)Nc1ccccn1. The van der Waals surface area contributed by atoms with E-state index in [1.165, 1.54) is 0 Å².